The molecule has 1 aromatic heterocycles. The van der Waals surface area contributed by atoms with Gasteiger partial charge in [0, 0.05) is 45.8 Å². The minimum absolute atomic E-state index is 0.0802. The first kappa shape index (κ1) is 30.1. The number of nitrogens with one attached hydrogen (secondary N) is 1. The quantitative estimate of drug-likeness (QED) is 0.103. The number of rotatable bonds is 7. The molecule has 2 heterocycles. The van der Waals surface area contributed by atoms with Crippen molar-refractivity contribution in [1.82, 2.24) is 4.98 Å². The van der Waals surface area contributed by atoms with Crippen molar-refractivity contribution in [1.29, 1.82) is 0 Å². The van der Waals surface area contributed by atoms with E-state index in [1.807, 2.05) is 12.1 Å². The molecule has 0 atom stereocenters. The summed E-state index contributed by atoms with van der Waals surface area (Å²) in [5.41, 5.74) is 9.34. The zero-order valence-electron chi connectivity index (χ0n) is 24.3. The number of methoxy groups -OCH3 is 2. The van der Waals surface area contributed by atoms with Crippen molar-refractivity contribution in [3.63, 3.8) is 0 Å². The van der Waals surface area contributed by atoms with E-state index in [1.165, 1.54) is 44.6 Å². The number of para-hydroxylation sites is 1. The number of nitrogens with two attached hydrogens (primary N) is 1. The molecule has 6 rings (SSSR count). The van der Waals surface area contributed by atoms with Crippen LogP contribution in [-0.2, 0) is 16.0 Å². The Kier molecular flexibility index (Phi) is 7.76. The van der Waals surface area contributed by atoms with Gasteiger partial charge in [0.15, 0.2) is 0 Å². The van der Waals surface area contributed by atoms with Crippen molar-refractivity contribution in [2.45, 2.75) is 6.54 Å². The second-order valence-corrected chi connectivity index (χ2v) is 10.6. The Morgan fingerprint density at radius 1 is 0.957 bits per heavy atom. The molecule has 46 heavy (non-hydrogen) atoms. The van der Waals surface area contributed by atoms with Gasteiger partial charge in [-0.25, -0.2) is 19.4 Å². The van der Waals surface area contributed by atoms with Crippen LogP contribution in [0, 0.1) is 0 Å². The van der Waals surface area contributed by atoms with E-state index in [1.54, 1.807) is 30.3 Å². The number of benzene rings is 4. The van der Waals surface area contributed by atoms with Crippen molar-refractivity contribution in [2.75, 3.05) is 25.3 Å². The van der Waals surface area contributed by atoms with E-state index in [4.69, 9.17) is 31.2 Å². The molecule has 1 aliphatic carbocycles. The fraction of sp³-hybridized carbons (Fsp3) is 0.0882. The maximum absolute atomic E-state index is 12.9. The zero-order chi connectivity index (χ0) is 32.7. The molecule has 4 aromatic rings. The third-order valence-electron chi connectivity index (χ3n) is 7.59. The number of esters is 2. The molecule has 0 saturated carbocycles. The second kappa shape index (κ2) is 11.9. The number of aromatic carboxylic acids is 1. The van der Waals surface area contributed by atoms with E-state index in [-0.39, 0.29) is 45.3 Å². The number of halogens is 1. The Morgan fingerprint density at radius 3 is 2.48 bits per heavy atom. The minimum atomic E-state index is -1.21. The fourth-order valence-corrected chi connectivity index (χ4v) is 5.53. The summed E-state index contributed by atoms with van der Waals surface area (Å²) in [6, 6.07) is 18.8. The smallest absolute Gasteiger partial charge is 0.356 e. The number of aromatic nitrogens is 1. The molecular formula is C34H24ClN3O8. The lowest BCUT2D eigenvalue weighted by Crippen LogP contribution is -2.09. The van der Waals surface area contributed by atoms with Gasteiger partial charge < -0.3 is 30.0 Å². The lowest BCUT2D eigenvalue weighted by molar-refractivity contribution is 0.0588. The van der Waals surface area contributed by atoms with Gasteiger partial charge in [-0.3, -0.25) is 4.79 Å². The summed E-state index contributed by atoms with van der Waals surface area (Å²) < 4.78 is 16.1. The van der Waals surface area contributed by atoms with E-state index < -0.39 is 23.3 Å². The molecule has 0 amide bonds. The van der Waals surface area contributed by atoms with Gasteiger partial charge in [0.25, 0.3) is 0 Å². The van der Waals surface area contributed by atoms with Crippen LogP contribution in [0.2, 0.25) is 5.02 Å². The number of carboxylic acid groups (broad SMARTS) is 1. The van der Waals surface area contributed by atoms with Crippen LogP contribution >= 0.6 is 11.6 Å². The number of anilines is 2. The summed E-state index contributed by atoms with van der Waals surface area (Å²) in [4.78, 5) is 54.2. The predicted octanol–water partition coefficient (Wildman–Crippen LogP) is 6.23. The largest absolute Gasteiger partial charge is 0.478 e. The molecule has 4 N–H and O–H groups in total. The summed E-state index contributed by atoms with van der Waals surface area (Å²) in [5.74, 6) is -2.35. The van der Waals surface area contributed by atoms with Crippen molar-refractivity contribution >= 4 is 62.8 Å². The molecule has 1 aliphatic heterocycles. The highest BCUT2D eigenvalue weighted by atomic mass is 35.5. The Balaban J connectivity index is 1.60. The maximum atomic E-state index is 12.9. The number of carbonyl (C=O) groups is 3. The van der Waals surface area contributed by atoms with Gasteiger partial charge in [0.1, 0.15) is 17.0 Å². The number of carboxylic acids is 1. The molecule has 0 bridgehead atoms. The van der Waals surface area contributed by atoms with Crippen LogP contribution in [0.25, 0.3) is 44.3 Å². The van der Waals surface area contributed by atoms with Crippen LogP contribution in [0.4, 0.5) is 11.4 Å². The zero-order valence-corrected chi connectivity index (χ0v) is 25.1. The van der Waals surface area contributed by atoms with Crippen molar-refractivity contribution < 1.29 is 33.4 Å². The van der Waals surface area contributed by atoms with Crippen LogP contribution in [0.5, 0.6) is 0 Å². The van der Waals surface area contributed by atoms with Crippen molar-refractivity contribution in [2.24, 2.45) is 0 Å². The first-order valence-corrected chi connectivity index (χ1v) is 14.1. The first-order chi connectivity index (χ1) is 22.1. The topological polar surface area (TPSA) is 171 Å². The van der Waals surface area contributed by atoms with Gasteiger partial charge in [0.05, 0.1) is 41.6 Å². The summed E-state index contributed by atoms with van der Waals surface area (Å²) >= 11 is 6.27. The highest BCUT2D eigenvalue weighted by Gasteiger charge is 2.26. The molecule has 0 fully saturated rings. The number of carbonyl (C=O) groups excluding carboxylic acids is 2. The van der Waals surface area contributed by atoms with Gasteiger partial charge in [-0.1, -0.05) is 29.8 Å². The van der Waals surface area contributed by atoms with E-state index in [2.05, 4.69) is 10.3 Å². The normalized spacial score (nSPS) is 11.1. The summed E-state index contributed by atoms with van der Waals surface area (Å²) in [5, 5.41) is 14.3. The third kappa shape index (κ3) is 5.22. The fourth-order valence-electron chi connectivity index (χ4n) is 5.36. The highest BCUT2D eigenvalue weighted by Crippen LogP contribution is 2.44. The summed E-state index contributed by atoms with van der Waals surface area (Å²) in [7, 11) is 2.49. The van der Waals surface area contributed by atoms with Gasteiger partial charge >= 0.3 is 17.9 Å². The number of nitrogen functional groups attached to an aromatic ring is 1. The number of nitrogens with zero attached hydrogens (tertiary/aromatic N) is 1. The van der Waals surface area contributed by atoms with Gasteiger partial charge in [0.2, 0.25) is 5.43 Å². The van der Waals surface area contributed by atoms with Gasteiger partial charge in [-0.05, 0) is 54.1 Å². The lowest BCUT2D eigenvalue weighted by atomic mass is 9.88. The van der Waals surface area contributed by atoms with Gasteiger partial charge in [-0.2, -0.15) is 0 Å². The Morgan fingerprint density at radius 2 is 1.74 bits per heavy atom. The molecule has 0 spiro atoms. The third-order valence-corrected chi connectivity index (χ3v) is 7.89. The Bertz CT molecular complexity index is 2260. The highest BCUT2D eigenvalue weighted by molar-refractivity contribution is 6.31. The van der Waals surface area contributed by atoms with E-state index in [0.717, 1.165) is 5.39 Å². The predicted molar refractivity (Wildman–Crippen MR) is 173 cm³/mol. The van der Waals surface area contributed by atoms with E-state index >= 15 is 0 Å². The molecule has 0 radical (unpaired) electrons. The second-order valence-electron chi connectivity index (χ2n) is 10.2. The summed E-state index contributed by atoms with van der Waals surface area (Å²) in [6.45, 7) is 0.109. The molecule has 0 saturated heterocycles. The SMILES string of the molecule is COC(=O)c1ccc2cccc(NCc3c(N)ccc4c(-c5cc(C(=O)O)ccc5C(=O)OC)c5cc(Cl)c(=O)cc-5oc34)c2n1. The van der Waals surface area contributed by atoms with Crippen molar-refractivity contribution in [3.8, 4) is 22.5 Å². The first-order valence-electron chi connectivity index (χ1n) is 13.8. The molecule has 11 nitrogen and oxygen atoms in total. The maximum Gasteiger partial charge on any atom is 0.356 e. The van der Waals surface area contributed by atoms with E-state index in [9.17, 15) is 24.3 Å². The molecule has 0 unspecified atom stereocenters. The molecular weight excluding hydrogens is 614 g/mol. The van der Waals surface area contributed by atoms with Crippen LogP contribution in [0.1, 0.15) is 36.8 Å². The van der Waals surface area contributed by atoms with Crippen LogP contribution in [0.15, 0.2) is 82.0 Å². The Hall–Kier alpha value is -5.94. The number of pyridine rings is 1. The number of fused-ring (bicyclic) bond motifs is 3. The molecule has 230 valence electrons. The lowest BCUT2D eigenvalue weighted by Gasteiger charge is -2.20. The van der Waals surface area contributed by atoms with Crippen molar-refractivity contribution in [3.05, 3.63) is 110 Å². The Labute approximate surface area is 265 Å². The number of hydrogen-bond acceptors (Lipinski definition) is 10. The van der Waals surface area contributed by atoms with Gasteiger partial charge in [-0.15, -0.1) is 0 Å². The standard InChI is InChI=1S/C34H24ClN3O8/c1-44-33(42)18-8-6-17(32(40)41)12-20(18)29-19-9-10-24(36)22(31(19)46-28-14-27(39)23(35)13-21(28)29)15-37-25-5-3-4-16-7-11-26(34(43)45-2)38-30(16)25/h3-14,37H,15,36H2,1-2H3,(H,40,41). The van der Waals surface area contributed by atoms with Crippen LogP contribution in [0.3, 0.4) is 0 Å². The molecule has 3 aromatic carbocycles. The minimum Gasteiger partial charge on any atom is -0.478 e. The number of ether oxygens (including phenoxy) is 2. The van der Waals surface area contributed by atoms with Crippen LogP contribution in [-0.4, -0.2) is 42.2 Å². The molecule has 2 aliphatic rings. The molecule has 12 heteroatoms. The average molecular weight is 638 g/mol. The summed E-state index contributed by atoms with van der Waals surface area (Å²) in [6.07, 6.45) is 0. The average Bonchev–Trinajstić information content (AvgIpc) is 3.06. The monoisotopic (exact) mass is 637 g/mol. The van der Waals surface area contributed by atoms with Crippen LogP contribution < -0.4 is 16.5 Å². The van der Waals surface area contributed by atoms with E-state index in [0.29, 0.717) is 39.0 Å². The number of hydrogen-bond donors (Lipinski definition) is 3.